The van der Waals surface area contributed by atoms with Gasteiger partial charge in [-0.2, -0.15) is 0 Å². The average Bonchev–Trinajstić information content (AvgIpc) is 2.59. The van der Waals surface area contributed by atoms with Crippen molar-refractivity contribution in [3.05, 3.63) is 35.9 Å². The van der Waals surface area contributed by atoms with Crippen LogP contribution in [0, 0.1) is 5.92 Å². The molecule has 1 aliphatic rings. The van der Waals surface area contributed by atoms with E-state index in [4.69, 9.17) is 0 Å². The zero-order chi connectivity index (χ0) is 15.8. The Labute approximate surface area is 132 Å². The van der Waals surface area contributed by atoms with Crippen molar-refractivity contribution in [1.82, 2.24) is 10.2 Å². The lowest BCUT2D eigenvalue weighted by atomic mass is 9.91. The van der Waals surface area contributed by atoms with Crippen LogP contribution in [0.1, 0.15) is 38.2 Å². The summed E-state index contributed by atoms with van der Waals surface area (Å²) in [7, 11) is 0. The topological polar surface area (TPSA) is 49.4 Å². The number of likely N-dealkylation sites (tertiary alicyclic amines) is 1. The van der Waals surface area contributed by atoms with E-state index in [9.17, 15) is 9.59 Å². The number of carbonyl (C=O) groups is 2. The van der Waals surface area contributed by atoms with Crippen LogP contribution < -0.4 is 5.32 Å². The Morgan fingerprint density at radius 2 is 1.86 bits per heavy atom. The molecule has 1 N–H and O–H groups in total. The Morgan fingerprint density at radius 1 is 1.18 bits per heavy atom. The van der Waals surface area contributed by atoms with Crippen LogP contribution in [-0.2, 0) is 11.2 Å². The van der Waals surface area contributed by atoms with Gasteiger partial charge in [-0.15, -0.1) is 0 Å². The first kappa shape index (κ1) is 16.5. The van der Waals surface area contributed by atoms with E-state index in [-0.39, 0.29) is 11.9 Å². The molecule has 120 valence electrons. The maximum absolute atomic E-state index is 12.1. The molecule has 0 radical (unpaired) electrons. The van der Waals surface area contributed by atoms with Gasteiger partial charge < -0.3 is 10.2 Å². The number of nitrogens with one attached hydrogen (secondary N) is 1. The molecule has 2 rings (SSSR count). The first-order valence-corrected chi connectivity index (χ1v) is 8.30. The minimum Gasteiger partial charge on any atom is -0.338 e. The highest BCUT2D eigenvalue weighted by Gasteiger charge is 2.25. The molecule has 0 unspecified atom stereocenters. The number of benzene rings is 1. The standard InChI is InChI=1S/C18H26N2O2/c1-2-17(21)16-10-13-20(14-11-16)18(22)19-12-6-9-15-7-4-3-5-8-15/h3-5,7-8,16H,2,6,9-14H2,1H3,(H,19,22). The molecule has 1 aromatic rings. The third-order valence-electron chi connectivity index (χ3n) is 4.35. The molecule has 0 saturated carbocycles. The number of rotatable bonds is 6. The molecule has 0 spiro atoms. The molecular weight excluding hydrogens is 276 g/mol. The number of hydrogen-bond donors (Lipinski definition) is 1. The van der Waals surface area contributed by atoms with E-state index in [0.29, 0.717) is 31.8 Å². The summed E-state index contributed by atoms with van der Waals surface area (Å²) >= 11 is 0. The summed E-state index contributed by atoms with van der Waals surface area (Å²) in [5.41, 5.74) is 1.30. The number of ketones is 1. The van der Waals surface area contributed by atoms with Crippen LogP contribution in [0.2, 0.25) is 0 Å². The van der Waals surface area contributed by atoms with Crippen LogP contribution in [-0.4, -0.2) is 36.3 Å². The smallest absolute Gasteiger partial charge is 0.317 e. The van der Waals surface area contributed by atoms with Gasteiger partial charge in [-0.25, -0.2) is 4.79 Å². The van der Waals surface area contributed by atoms with E-state index >= 15 is 0 Å². The van der Waals surface area contributed by atoms with Crippen molar-refractivity contribution in [2.45, 2.75) is 39.0 Å². The molecule has 0 atom stereocenters. The van der Waals surface area contributed by atoms with Crippen LogP contribution >= 0.6 is 0 Å². The Balaban J connectivity index is 1.63. The third kappa shape index (κ3) is 4.86. The van der Waals surface area contributed by atoms with Gasteiger partial charge in [-0.05, 0) is 31.2 Å². The van der Waals surface area contributed by atoms with Crippen LogP contribution in [0.3, 0.4) is 0 Å². The largest absolute Gasteiger partial charge is 0.338 e. The van der Waals surface area contributed by atoms with E-state index in [1.165, 1.54) is 5.56 Å². The fraction of sp³-hybridized carbons (Fsp3) is 0.556. The zero-order valence-corrected chi connectivity index (χ0v) is 13.4. The van der Waals surface area contributed by atoms with Gasteiger partial charge in [0.25, 0.3) is 0 Å². The van der Waals surface area contributed by atoms with Crippen LogP contribution in [0.5, 0.6) is 0 Å². The van der Waals surface area contributed by atoms with Gasteiger partial charge in [0.1, 0.15) is 5.78 Å². The molecule has 0 aliphatic carbocycles. The highest BCUT2D eigenvalue weighted by molar-refractivity contribution is 5.81. The Morgan fingerprint density at radius 3 is 2.50 bits per heavy atom. The highest BCUT2D eigenvalue weighted by Crippen LogP contribution is 2.19. The summed E-state index contributed by atoms with van der Waals surface area (Å²) < 4.78 is 0. The monoisotopic (exact) mass is 302 g/mol. The molecule has 0 aromatic heterocycles. The maximum Gasteiger partial charge on any atom is 0.317 e. The molecule has 1 fully saturated rings. The molecule has 0 bridgehead atoms. The fourth-order valence-corrected chi connectivity index (χ4v) is 2.94. The molecular formula is C18H26N2O2. The molecule has 1 aromatic carbocycles. The van der Waals surface area contributed by atoms with Crippen molar-refractivity contribution in [1.29, 1.82) is 0 Å². The number of nitrogens with zero attached hydrogens (tertiary/aromatic N) is 1. The van der Waals surface area contributed by atoms with Crippen LogP contribution in [0.25, 0.3) is 0 Å². The minimum absolute atomic E-state index is 0.00968. The number of urea groups is 1. The van der Waals surface area contributed by atoms with Gasteiger partial charge in [-0.1, -0.05) is 37.3 Å². The average molecular weight is 302 g/mol. The number of carbonyl (C=O) groups excluding carboxylic acids is 2. The molecule has 1 aliphatic heterocycles. The third-order valence-corrected chi connectivity index (χ3v) is 4.35. The van der Waals surface area contributed by atoms with Crippen molar-refractivity contribution in [2.24, 2.45) is 5.92 Å². The summed E-state index contributed by atoms with van der Waals surface area (Å²) in [4.78, 5) is 25.6. The van der Waals surface area contributed by atoms with Crippen molar-refractivity contribution < 1.29 is 9.59 Å². The Hall–Kier alpha value is -1.84. The first-order chi connectivity index (χ1) is 10.7. The second-order valence-electron chi connectivity index (χ2n) is 5.90. The number of piperidine rings is 1. The van der Waals surface area contributed by atoms with Crippen LogP contribution in [0.4, 0.5) is 4.79 Å². The fourth-order valence-electron chi connectivity index (χ4n) is 2.94. The lowest BCUT2D eigenvalue weighted by Crippen LogP contribution is -2.45. The summed E-state index contributed by atoms with van der Waals surface area (Å²) in [6.07, 6.45) is 4.15. The SMILES string of the molecule is CCC(=O)C1CCN(C(=O)NCCCc2ccccc2)CC1. The Bertz CT molecular complexity index is 479. The summed E-state index contributed by atoms with van der Waals surface area (Å²) in [5, 5.41) is 2.98. The summed E-state index contributed by atoms with van der Waals surface area (Å²) in [6, 6.07) is 10.3. The second-order valence-corrected chi connectivity index (χ2v) is 5.90. The van der Waals surface area contributed by atoms with Gasteiger partial charge in [0.05, 0.1) is 0 Å². The van der Waals surface area contributed by atoms with E-state index in [2.05, 4.69) is 17.4 Å². The minimum atomic E-state index is 0.00968. The quantitative estimate of drug-likeness (QED) is 0.821. The van der Waals surface area contributed by atoms with Gasteiger partial charge in [0.15, 0.2) is 0 Å². The molecule has 1 heterocycles. The van der Waals surface area contributed by atoms with E-state index in [1.807, 2.05) is 30.0 Å². The van der Waals surface area contributed by atoms with Gasteiger partial charge >= 0.3 is 6.03 Å². The summed E-state index contributed by atoms with van der Waals surface area (Å²) in [5.74, 6) is 0.495. The molecule has 4 nitrogen and oxygen atoms in total. The number of hydrogen-bond acceptors (Lipinski definition) is 2. The number of aryl methyl sites for hydroxylation is 1. The molecule has 2 amide bonds. The normalized spacial score (nSPS) is 15.6. The molecule has 22 heavy (non-hydrogen) atoms. The number of Topliss-reactive ketones (excluding diaryl/α,β-unsaturated/α-hetero) is 1. The summed E-state index contributed by atoms with van der Waals surface area (Å²) in [6.45, 7) is 4.00. The van der Waals surface area contributed by atoms with Gasteiger partial charge in [-0.3, -0.25) is 4.79 Å². The maximum atomic E-state index is 12.1. The first-order valence-electron chi connectivity index (χ1n) is 8.30. The second kappa shape index (κ2) is 8.57. The van der Waals surface area contributed by atoms with Crippen molar-refractivity contribution in [2.75, 3.05) is 19.6 Å². The lowest BCUT2D eigenvalue weighted by molar-refractivity contribution is -0.123. The van der Waals surface area contributed by atoms with Crippen molar-refractivity contribution in [3.63, 3.8) is 0 Å². The van der Waals surface area contributed by atoms with Crippen molar-refractivity contribution in [3.8, 4) is 0 Å². The highest BCUT2D eigenvalue weighted by atomic mass is 16.2. The predicted octanol–water partition coefficient (Wildman–Crippen LogP) is 3.02. The number of amides is 2. The van der Waals surface area contributed by atoms with E-state index in [0.717, 1.165) is 25.7 Å². The Kier molecular flexibility index (Phi) is 6.44. The van der Waals surface area contributed by atoms with E-state index in [1.54, 1.807) is 0 Å². The van der Waals surface area contributed by atoms with Gasteiger partial charge in [0, 0.05) is 32.0 Å². The molecule has 1 saturated heterocycles. The van der Waals surface area contributed by atoms with E-state index < -0.39 is 0 Å². The lowest BCUT2D eigenvalue weighted by Gasteiger charge is -2.31. The molecule has 4 heteroatoms. The predicted molar refractivity (Wildman–Crippen MR) is 87.8 cm³/mol. The zero-order valence-electron chi connectivity index (χ0n) is 13.4. The van der Waals surface area contributed by atoms with Crippen molar-refractivity contribution >= 4 is 11.8 Å². The van der Waals surface area contributed by atoms with Crippen LogP contribution in [0.15, 0.2) is 30.3 Å². The van der Waals surface area contributed by atoms with Gasteiger partial charge in [0.2, 0.25) is 0 Å².